The minimum atomic E-state index is -1.23. The Morgan fingerprint density at radius 2 is 1.86 bits per heavy atom. The van der Waals surface area contributed by atoms with Gasteiger partial charge >= 0.3 is 5.97 Å². The summed E-state index contributed by atoms with van der Waals surface area (Å²) in [5, 5.41) is 9.44. The first-order chi connectivity index (χ1) is 6.69. The number of aliphatic hydroxyl groups excluding tert-OH is 1. The zero-order valence-electron chi connectivity index (χ0n) is 8.06. The van der Waals surface area contributed by atoms with Gasteiger partial charge in [-0.2, -0.15) is 0 Å². The smallest absolute Gasteiger partial charge is 0.339 e. The van der Waals surface area contributed by atoms with Gasteiger partial charge in [-0.25, -0.2) is 4.79 Å². The molecule has 0 fully saturated rings. The number of ether oxygens (including phenoxy) is 2. The monoisotopic (exact) mass is 196 g/mol. The maximum absolute atomic E-state index is 11.0. The predicted octanol–water partition coefficient (Wildman–Crippen LogP) is 0.902. The van der Waals surface area contributed by atoms with Crippen molar-refractivity contribution in [2.75, 3.05) is 14.2 Å². The van der Waals surface area contributed by atoms with E-state index in [0.717, 1.165) is 0 Å². The number of hydrogen-bond donors (Lipinski definition) is 1. The molecule has 1 aromatic rings. The fraction of sp³-hybridized carbons (Fsp3) is 0.300. The number of carbonyl (C=O) groups is 1. The van der Waals surface area contributed by atoms with Crippen LogP contribution in [0.25, 0.3) is 0 Å². The van der Waals surface area contributed by atoms with Gasteiger partial charge in [0.15, 0.2) is 6.10 Å². The Hall–Kier alpha value is -1.55. The van der Waals surface area contributed by atoms with Crippen molar-refractivity contribution in [3.63, 3.8) is 0 Å². The molecular weight excluding hydrogens is 184 g/mol. The molecule has 14 heavy (non-hydrogen) atoms. The first-order valence-electron chi connectivity index (χ1n) is 4.09. The van der Waals surface area contributed by atoms with Crippen LogP contribution in [0.2, 0.25) is 0 Å². The van der Waals surface area contributed by atoms with E-state index in [-0.39, 0.29) is 0 Å². The Kier molecular flexibility index (Phi) is 3.48. The lowest BCUT2D eigenvalue weighted by Crippen LogP contribution is -2.13. The summed E-state index contributed by atoms with van der Waals surface area (Å²) in [7, 11) is 2.78. The van der Waals surface area contributed by atoms with E-state index in [1.54, 1.807) is 31.4 Å². The zero-order chi connectivity index (χ0) is 10.6. The van der Waals surface area contributed by atoms with Gasteiger partial charge in [-0.3, -0.25) is 0 Å². The summed E-state index contributed by atoms with van der Waals surface area (Å²) in [5.74, 6) is 0.000910. The third-order valence-electron chi connectivity index (χ3n) is 1.86. The molecule has 0 aliphatic heterocycles. The highest BCUT2D eigenvalue weighted by Gasteiger charge is 2.17. The summed E-state index contributed by atoms with van der Waals surface area (Å²) in [5.41, 5.74) is 0.484. The van der Waals surface area contributed by atoms with E-state index in [0.29, 0.717) is 11.3 Å². The lowest BCUT2D eigenvalue weighted by atomic mass is 10.1. The van der Waals surface area contributed by atoms with Crippen molar-refractivity contribution in [1.82, 2.24) is 0 Å². The Bertz CT molecular complexity index is 304. The topological polar surface area (TPSA) is 55.8 Å². The van der Waals surface area contributed by atoms with Crippen LogP contribution in [0.4, 0.5) is 0 Å². The second-order valence-corrected chi connectivity index (χ2v) is 2.70. The molecule has 76 valence electrons. The van der Waals surface area contributed by atoms with Crippen molar-refractivity contribution in [3.8, 4) is 5.75 Å². The SMILES string of the molecule is COC(=O)[C@H](O)c1ccc(OC)cc1. The highest BCUT2D eigenvalue weighted by Crippen LogP contribution is 2.18. The van der Waals surface area contributed by atoms with Crippen LogP contribution in [0.15, 0.2) is 24.3 Å². The van der Waals surface area contributed by atoms with Crippen molar-refractivity contribution >= 4 is 5.97 Å². The summed E-state index contributed by atoms with van der Waals surface area (Å²) in [6, 6.07) is 6.56. The van der Waals surface area contributed by atoms with Gasteiger partial charge in [0, 0.05) is 0 Å². The van der Waals surface area contributed by atoms with Crippen LogP contribution >= 0.6 is 0 Å². The molecule has 0 radical (unpaired) electrons. The molecule has 0 spiro atoms. The molecule has 0 saturated heterocycles. The number of methoxy groups -OCH3 is 2. The maximum atomic E-state index is 11.0. The molecule has 1 rings (SSSR count). The number of aliphatic hydroxyl groups is 1. The molecule has 0 aromatic heterocycles. The number of hydrogen-bond acceptors (Lipinski definition) is 4. The molecule has 1 N–H and O–H groups in total. The fourth-order valence-electron chi connectivity index (χ4n) is 1.03. The van der Waals surface area contributed by atoms with Gasteiger partial charge in [0.25, 0.3) is 0 Å². The van der Waals surface area contributed by atoms with E-state index >= 15 is 0 Å². The van der Waals surface area contributed by atoms with Gasteiger partial charge in [-0.05, 0) is 17.7 Å². The normalized spacial score (nSPS) is 11.9. The van der Waals surface area contributed by atoms with Crippen LogP contribution in [0.3, 0.4) is 0 Å². The Morgan fingerprint density at radius 1 is 1.29 bits per heavy atom. The minimum Gasteiger partial charge on any atom is -0.497 e. The van der Waals surface area contributed by atoms with Gasteiger partial charge in [0.05, 0.1) is 14.2 Å². The zero-order valence-corrected chi connectivity index (χ0v) is 8.06. The van der Waals surface area contributed by atoms with Gasteiger partial charge < -0.3 is 14.6 Å². The van der Waals surface area contributed by atoms with Gasteiger partial charge in [0.2, 0.25) is 0 Å². The summed E-state index contributed by atoms with van der Waals surface area (Å²) >= 11 is 0. The van der Waals surface area contributed by atoms with Crippen molar-refractivity contribution in [2.45, 2.75) is 6.10 Å². The van der Waals surface area contributed by atoms with E-state index in [2.05, 4.69) is 4.74 Å². The average molecular weight is 196 g/mol. The third kappa shape index (κ3) is 2.23. The third-order valence-corrected chi connectivity index (χ3v) is 1.86. The average Bonchev–Trinajstić information content (AvgIpc) is 2.27. The van der Waals surface area contributed by atoms with E-state index in [1.807, 2.05) is 0 Å². The summed E-state index contributed by atoms with van der Waals surface area (Å²) in [6.07, 6.45) is -1.23. The van der Waals surface area contributed by atoms with Crippen LogP contribution < -0.4 is 4.74 Å². The molecule has 0 saturated carbocycles. The second-order valence-electron chi connectivity index (χ2n) is 2.70. The minimum absolute atomic E-state index is 0.484. The lowest BCUT2D eigenvalue weighted by Gasteiger charge is -2.08. The second kappa shape index (κ2) is 4.62. The van der Waals surface area contributed by atoms with Crippen molar-refractivity contribution in [1.29, 1.82) is 0 Å². The van der Waals surface area contributed by atoms with Gasteiger partial charge in [-0.1, -0.05) is 12.1 Å². The molecule has 0 heterocycles. The Morgan fingerprint density at radius 3 is 2.29 bits per heavy atom. The first kappa shape index (κ1) is 10.5. The summed E-state index contributed by atoms with van der Waals surface area (Å²) in [6.45, 7) is 0. The van der Waals surface area contributed by atoms with Crippen LogP contribution in [0, 0.1) is 0 Å². The molecule has 0 aliphatic carbocycles. The quantitative estimate of drug-likeness (QED) is 0.730. The molecule has 4 heteroatoms. The highest BCUT2D eigenvalue weighted by atomic mass is 16.5. The highest BCUT2D eigenvalue weighted by molar-refractivity contribution is 5.76. The largest absolute Gasteiger partial charge is 0.497 e. The standard InChI is InChI=1S/C10H12O4/c1-13-8-5-3-7(4-6-8)9(11)10(12)14-2/h3-6,9,11H,1-2H3/t9-/m1/s1. The number of carbonyl (C=O) groups excluding carboxylic acids is 1. The van der Waals surface area contributed by atoms with Crippen molar-refractivity contribution < 1.29 is 19.4 Å². The first-order valence-corrected chi connectivity index (χ1v) is 4.09. The molecular formula is C10H12O4. The van der Waals surface area contributed by atoms with Crippen LogP contribution in [0.5, 0.6) is 5.75 Å². The van der Waals surface area contributed by atoms with E-state index < -0.39 is 12.1 Å². The Labute approximate surface area is 82.1 Å². The molecule has 1 atom stereocenters. The van der Waals surface area contributed by atoms with Crippen LogP contribution in [-0.4, -0.2) is 25.3 Å². The molecule has 4 nitrogen and oxygen atoms in total. The van der Waals surface area contributed by atoms with Crippen molar-refractivity contribution in [2.24, 2.45) is 0 Å². The number of rotatable bonds is 3. The molecule has 1 aromatic carbocycles. The van der Waals surface area contributed by atoms with Gasteiger partial charge in [0.1, 0.15) is 5.75 Å². The van der Waals surface area contributed by atoms with E-state index in [9.17, 15) is 9.90 Å². The molecule has 0 aliphatic rings. The number of benzene rings is 1. The van der Waals surface area contributed by atoms with Crippen LogP contribution in [-0.2, 0) is 9.53 Å². The van der Waals surface area contributed by atoms with E-state index in [4.69, 9.17) is 4.74 Å². The van der Waals surface area contributed by atoms with E-state index in [1.165, 1.54) is 7.11 Å². The number of esters is 1. The summed E-state index contributed by atoms with van der Waals surface area (Å²) in [4.78, 5) is 11.0. The lowest BCUT2D eigenvalue weighted by molar-refractivity contribution is -0.150. The molecule has 0 bridgehead atoms. The van der Waals surface area contributed by atoms with Crippen molar-refractivity contribution in [3.05, 3.63) is 29.8 Å². The molecule has 0 unspecified atom stereocenters. The summed E-state index contributed by atoms with van der Waals surface area (Å²) < 4.78 is 9.34. The molecule has 0 amide bonds. The van der Waals surface area contributed by atoms with Gasteiger partial charge in [-0.15, -0.1) is 0 Å². The predicted molar refractivity (Wildman–Crippen MR) is 50.0 cm³/mol. The Balaban J connectivity index is 2.81. The fourth-order valence-corrected chi connectivity index (χ4v) is 1.03. The maximum Gasteiger partial charge on any atom is 0.339 e. The van der Waals surface area contributed by atoms with Crippen LogP contribution in [0.1, 0.15) is 11.7 Å².